The molecule has 0 aliphatic heterocycles. The van der Waals surface area contributed by atoms with Crippen LogP contribution in [0, 0.1) is 12.7 Å². The summed E-state index contributed by atoms with van der Waals surface area (Å²) in [6.45, 7) is 1.38. The summed E-state index contributed by atoms with van der Waals surface area (Å²) in [5.74, 6) is -1.50. The second-order valence-corrected chi connectivity index (χ2v) is 6.60. The molecule has 0 atom stereocenters. The van der Waals surface area contributed by atoms with Crippen molar-refractivity contribution in [2.45, 2.75) is 18.0 Å². The van der Waals surface area contributed by atoms with Crippen molar-refractivity contribution in [3.8, 4) is 0 Å². The second-order valence-electron chi connectivity index (χ2n) is 4.63. The molecule has 0 saturated carbocycles. The van der Waals surface area contributed by atoms with Gasteiger partial charge in [-0.15, -0.1) is 0 Å². The van der Waals surface area contributed by atoms with E-state index < -0.39 is 33.3 Å². The molecular formula is C12H10ClF4N3O2S. The number of hydrogen-bond acceptors (Lipinski definition) is 3. The lowest BCUT2D eigenvalue weighted by Gasteiger charge is -2.12. The van der Waals surface area contributed by atoms with E-state index in [1.807, 2.05) is 4.72 Å². The van der Waals surface area contributed by atoms with E-state index in [1.54, 1.807) is 0 Å². The molecule has 0 spiro atoms. The minimum atomic E-state index is -4.95. The molecule has 0 radical (unpaired) electrons. The lowest BCUT2D eigenvalue weighted by molar-refractivity contribution is -0.139. The van der Waals surface area contributed by atoms with E-state index in [4.69, 9.17) is 11.6 Å². The topological polar surface area (TPSA) is 64.0 Å². The largest absolute Gasteiger partial charge is 0.419 e. The van der Waals surface area contributed by atoms with Crippen LogP contribution in [0.25, 0.3) is 0 Å². The number of sulfonamides is 1. The van der Waals surface area contributed by atoms with Crippen LogP contribution in [0.1, 0.15) is 11.3 Å². The van der Waals surface area contributed by atoms with E-state index >= 15 is 0 Å². The first kappa shape index (κ1) is 17.5. The molecule has 0 amide bonds. The Morgan fingerprint density at radius 3 is 2.39 bits per heavy atom. The zero-order chi connectivity index (χ0) is 17.6. The van der Waals surface area contributed by atoms with Gasteiger partial charge in [0, 0.05) is 12.7 Å². The van der Waals surface area contributed by atoms with Crippen LogP contribution in [0.3, 0.4) is 0 Å². The molecule has 1 heterocycles. The second kappa shape index (κ2) is 5.68. The summed E-state index contributed by atoms with van der Waals surface area (Å²) in [5.41, 5.74) is -1.95. The molecule has 126 valence electrons. The molecule has 11 heteroatoms. The minimum absolute atomic E-state index is 0.0724. The minimum Gasteiger partial charge on any atom is -0.279 e. The van der Waals surface area contributed by atoms with E-state index in [0.29, 0.717) is 12.1 Å². The molecule has 2 rings (SSSR count). The summed E-state index contributed by atoms with van der Waals surface area (Å²) in [5, 5.41) is 3.61. The molecule has 0 bridgehead atoms. The van der Waals surface area contributed by atoms with Crippen LogP contribution in [-0.4, -0.2) is 18.2 Å². The van der Waals surface area contributed by atoms with Crippen molar-refractivity contribution in [1.29, 1.82) is 0 Å². The van der Waals surface area contributed by atoms with Gasteiger partial charge >= 0.3 is 6.18 Å². The fourth-order valence-electron chi connectivity index (χ4n) is 1.93. The van der Waals surface area contributed by atoms with Crippen LogP contribution in [0.15, 0.2) is 23.1 Å². The van der Waals surface area contributed by atoms with E-state index in [-0.39, 0.29) is 15.7 Å². The number of aromatic nitrogens is 2. The summed E-state index contributed by atoms with van der Waals surface area (Å²) in [4.78, 5) is -0.362. The number of benzene rings is 1. The lowest BCUT2D eigenvalue weighted by atomic mass is 10.2. The molecule has 0 aliphatic rings. The third kappa shape index (κ3) is 3.42. The van der Waals surface area contributed by atoms with Crippen LogP contribution in [0.4, 0.5) is 23.2 Å². The zero-order valence-electron chi connectivity index (χ0n) is 11.7. The molecule has 5 nitrogen and oxygen atoms in total. The highest BCUT2D eigenvalue weighted by Gasteiger charge is 2.35. The molecule has 0 aliphatic carbocycles. The van der Waals surface area contributed by atoms with Crippen molar-refractivity contribution in [3.63, 3.8) is 0 Å². The molecule has 0 fully saturated rings. The van der Waals surface area contributed by atoms with E-state index in [0.717, 1.165) is 10.7 Å². The standard InChI is InChI=1S/C12H10ClF4N3O2S/c1-6-10(11(13)20(2)18-6)23(21,22)19-7-3-4-9(14)8(5-7)12(15,16)17/h3-5,19H,1-2H3. The van der Waals surface area contributed by atoms with Gasteiger partial charge in [0.2, 0.25) is 0 Å². The Bertz CT molecular complexity index is 862. The summed E-state index contributed by atoms with van der Waals surface area (Å²) in [7, 11) is -2.87. The van der Waals surface area contributed by atoms with E-state index in [1.165, 1.54) is 14.0 Å². The van der Waals surface area contributed by atoms with Crippen molar-refractivity contribution >= 4 is 27.3 Å². The van der Waals surface area contributed by atoms with Gasteiger partial charge in [0.15, 0.2) is 0 Å². The highest BCUT2D eigenvalue weighted by atomic mass is 35.5. The predicted octanol–water partition coefficient (Wildman–Crippen LogP) is 3.34. The van der Waals surface area contributed by atoms with Gasteiger partial charge in [0.05, 0.1) is 11.3 Å². The monoisotopic (exact) mass is 371 g/mol. The van der Waals surface area contributed by atoms with Crippen molar-refractivity contribution in [2.75, 3.05) is 4.72 Å². The number of hydrogen-bond donors (Lipinski definition) is 1. The van der Waals surface area contributed by atoms with Gasteiger partial charge in [-0.05, 0) is 25.1 Å². The molecular weight excluding hydrogens is 362 g/mol. The van der Waals surface area contributed by atoms with Crippen molar-refractivity contribution in [2.24, 2.45) is 7.05 Å². The Balaban J connectivity index is 2.46. The molecule has 1 aromatic carbocycles. The lowest BCUT2D eigenvalue weighted by Crippen LogP contribution is -2.15. The molecule has 0 saturated heterocycles. The quantitative estimate of drug-likeness (QED) is 0.842. The van der Waals surface area contributed by atoms with Crippen molar-refractivity contribution < 1.29 is 26.0 Å². The zero-order valence-corrected chi connectivity index (χ0v) is 13.3. The Kier molecular flexibility index (Phi) is 4.33. The molecule has 1 N–H and O–H groups in total. The Morgan fingerprint density at radius 2 is 1.91 bits per heavy atom. The maximum Gasteiger partial charge on any atom is 0.419 e. The van der Waals surface area contributed by atoms with Crippen LogP contribution >= 0.6 is 11.6 Å². The van der Waals surface area contributed by atoms with Gasteiger partial charge in [-0.2, -0.15) is 18.3 Å². The SMILES string of the molecule is Cc1nn(C)c(Cl)c1S(=O)(=O)Nc1ccc(F)c(C(F)(F)F)c1. The normalized spacial score (nSPS) is 12.5. The first-order valence-electron chi connectivity index (χ1n) is 6.02. The Labute approximate surface area is 133 Å². The third-order valence-electron chi connectivity index (χ3n) is 2.89. The average Bonchev–Trinajstić information content (AvgIpc) is 2.64. The molecule has 2 aromatic rings. The number of aryl methyl sites for hydroxylation is 2. The summed E-state index contributed by atoms with van der Waals surface area (Å²) < 4.78 is 78.8. The van der Waals surface area contributed by atoms with E-state index in [2.05, 4.69) is 5.10 Å². The number of rotatable bonds is 3. The maximum atomic E-state index is 13.2. The smallest absolute Gasteiger partial charge is 0.279 e. The fourth-order valence-corrected chi connectivity index (χ4v) is 3.73. The van der Waals surface area contributed by atoms with Gasteiger partial charge in [-0.25, -0.2) is 12.8 Å². The van der Waals surface area contributed by atoms with Crippen molar-refractivity contribution in [1.82, 2.24) is 9.78 Å². The Morgan fingerprint density at radius 1 is 1.30 bits per heavy atom. The molecule has 1 aromatic heterocycles. The van der Waals surface area contributed by atoms with Gasteiger partial charge in [-0.3, -0.25) is 9.40 Å². The van der Waals surface area contributed by atoms with Gasteiger partial charge in [-0.1, -0.05) is 11.6 Å². The number of halogens is 5. The van der Waals surface area contributed by atoms with Gasteiger partial charge < -0.3 is 0 Å². The predicted molar refractivity (Wildman–Crippen MR) is 75.2 cm³/mol. The number of nitrogens with one attached hydrogen (secondary N) is 1. The van der Waals surface area contributed by atoms with Crippen LogP contribution in [-0.2, 0) is 23.2 Å². The molecule has 23 heavy (non-hydrogen) atoms. The van der Waals surface area contributed by atoms with Crippen LogP contribution in [0.5, 0.6) is 0 Å². The summed E-state index contributed by atoms with van der Waals surface area (Å²) >= 11 is 5.84. The summed E-state index contributed by atoms with van der Waals surface area (Å²) in [6, 6.07) is 1.77. The van der Waals surface area contributed by atoms with E-state index in [9.17, 15) is 26.0 Å². The third-order valence-corrected chi connectivity index (χ3v) is 4.97. The van der Waals surface area contributed by atoms with Crippen molar-refractivity contribution in [3.05, 3.63) is 40.4 Å². The Hall–Kier alpha value is -1.81. The average molecular weight is 372 g/mol. The number of nitrogens with zero attached hydrogens (tertiary/aromatic N) is 2. The highest BCUT2D eigenvalue weighted by Crippen LogP contribution is 2.34. The van der Waals surface area contributed by atoms with Crippen LogP contribution < -0.4 is 4.72 Å². The fraction of sp³-hybridized carbons (Fsp3) is 0.250. The van der Waals surface area contributed by atoms with Gasteiger partial charge in [0.25, 0.3) is 10.0 Å². The number of anilines is 1. The first-order valence-corrected chi connectivity index (χ1v) is 7.88. The summed E-state index contributed by atoms with van der Waals surface area (Å²) in [6.07, 6.45) is -4.95. The molecule has 0 unspecified atom stereocenters. The number of alkyl halides is 3. The highest BCUT2D eigenvalue weighted by molar-refractivity contribution is 7.92. The maximum absolute atomic E-state index is 13.2. The van der Waals surface area contributed by atoms with Crippen LogP contribution in [0.2, 0.25) is 5.15 Å². The van der Waals surface area contributed by atoms with Gasteiger partial charge in [0.1, 0.15) is 15.9 Å². The first-order chi connectivity index (χ1) is 10.4.